The zero-order chi connectivity index (χ0) is 32.4. The summed E-state index contributed by atoms with van der Waals surface area (Å²) in [5.41, 5.74) is 2.63. The Labute approximate surface area is 262 Å². The van der Waals surface area contributed by atoms with Gasteiger partial charge in [0, 0.05) is 49.3 Å². The maximum Gasteiger partial charge on any atom is 0.416 e. The van der Waals surface area contributed by atoms with E-state index in [1.807, 2.05) is 24.1 Å². The molecule has 5 aromatic rings. The SMILES string of the molecule is CNC1CCN(Cc2cc(NC(=O)c3cc(C#Cc4cnc5c(Nc6cn[nH]c6)cccn45)c(C)cc3F)cc(C(F)(F)F)c2)C1. The van der Waals surface area contributed by atoms with Crippen molar-refractivity contribution >= 4 is 28.6 Å². The number of aromatic nitrogens is 4. The monoisotopic (exact) mass is 630 g/mol. The molecule has 13 heteroatoms. The number of halogens is 4. The molecule has 1 aliphatic heterocycles. The topological polar surface area (TPSA) is 102 Å². The number of carbonyl (C=O) groups excluding carboxylic acids is 1. The van der Waals surface area contributed by atoms with Crippen LogP contribution in [0.1, 0.15) is 44.7 Å². The van der Waals surface area contributed by atoms with Crippen molar-refractivity contribution in [1.29, 1.82) is 0 Å². The molecule has 4 heterocycles. The number of likely N-dealkylation sites (tertiary alicyclic amines) is 1. The number of imidazole rings is 1. The number of hydrogen-bond acceptors (Lipinski definition) is 6. The number of amides is 1. The molecule has 2 aromatic carbocycles. The smallest absolute Gasteiger partial charge is 0.350 e. The normalized spacial score (nSPS) is 15.1. The van der Waals surface area contributed by atoms with E-state index in [4.69, 9.17) is 0 Å². The number of hydrogen-bond donors (Lipinski definition) is 4. The third-order valence-electron chi connectivity index (χ3n) is 7.86. The minimum atomic E-state index is -4.63. The quantitative estimate of drug-likeness (QED) is 0.136. The number of carbonyl (C=O) groups is 1. The molecule has 0 saturated carbocycles. The van der Waals surface area contributed by atoms with Crippen LogP contribution in [0.15, 0.2) is 67.3 Å². The lowest BCUT2D eigenvalue weighted by molar-refractivity contribution is -0.137. The van der Waals surface area contributed by atoms with E-state index in [0.717, 1.165) is 36.5 Å². The lowest BCUT2D eigenvalue weighted by Gasteiger charge is -2.18. The molecule has 1 saturated heterocycles. The number of anilines is 3. The van der Waals surface area contributed by atoms with Gasteiger partial charge >= 0.3 is 6.18 Å². The molecule has 1 amide bonds. The van der Waals surface area contributed by atoms with Crippen molar-refractivity contribution in [3.63, 3.8) is 0 Å². The first-order valence-corrected chi connectivity index (χ1v) is 14.5. The number of pyridine rings is 1. The maximum atomic E-state index is 15.1. The van der Waals surface area contributed by atoms with Gasteiger partial charge in [-0.15, -0.1) is 0 Å². The van der Waals surface area contributed by atoms with Crippen molar-refractivity contribution in [3.8, 4) is 11.8 Å². The fraction of sp³-hybridized carbons (Fsp3) is 0.242. The van der Waals surface area contributed by atoms with Gasteiger partial charge in [-0.3, -0.25) is 19.2 Å². The molecule has 0 radical (unpaired) electrons. The van der Waals surface area contributed by atoms with Gasteiger partial charge in [0.1, 0.15) is 11.5 Å². The van der Waals surface area contributed by atoms with Gasteiger partial charge in [-0.05, 0) is 79.9 Å². The lowest BCUT2D eigenvalue weighted by Crippen LogP contribution is -2.29. The first-order chi connectivity index (χ1) is 22.1. The maximum absolute atomic E-state index is 15.1. The lowest BCUT2D eigenvalue weighted by atomic mass is 10.0. The van der Waals surface area contributed by atoms with E-state index in [9.17, 15) is 18.0 Å². The van der Waals surface area contributed by atoms with Gasteiger partial charge in [-0.1, -0.05) is 5.92 Å². The molecule has 46 heavy (non-hydrogen) atoms. The average Bonchev–Trinajstić information content (AvgIpc) is 3.78. The van der Waals surface area contributed by atoms with Gasteiger partial charge in [0.2, 0.25) is 0 Å². The van der Waals surface area contributed by atoms with E-state index >= 15 is 4.39 Å². The first-order valence-electron chi connectivity index (χ1n) is 14.5. The summed E-state index contributed by atoms with van der Waals surface area (Å²) in [6, 6.07) is 9.88. The molecule has 0 aliphatic carbocycles. The van der Waals surface area contributed by atoms with Crippen LogP contribution in [-0.2, 0) is 12.7 Å². The molecule has 4 N–H and O–H groups in total. The molecule has 236 valence electrons. The average molecular weight is 631 g/mol. The summed E-state index contributed by atoms with van der Waals surface area (Å²) in [5, 5.41) is 15.5. The number of rotatable bonds is 7. The zero-order valence-electron chi connectivity index (χ0n) is 25.0. The fourth-order valence-corrected chi connectivity index (χ4v) is 5.48. The van der Waals surface area contributed by atoms with Crippen molar-refractivity contribution in [1.82, 2.24) is 29.8 Å². The zero-order valence-corrected chi connectivity index (χ0v) is 25.0. The molecule has 1 aliphatic rings. The van der Waals surface area contributed by atoms with Crippen LogP contribution in [0.3, 0.4) is 0 Å². The highest BCUT2D eigenvalue weighted by Crippen LogP contribution is 2.33. The molecule has 0 spiro atoms. The standard InChI is InChI=1S/C33H30F4N8O/c1-20-10-29(34)28(13-22(20)5-6-27-17-39-31-30(4-3-8-45(27)31)42-26-15-40-41-16-26)32(46)43-25-12-21(11-23(14-25)33(35,36)37)18-44-9-7-24(19-44)38-2/h3-4,8,10-17,24,38,42H,7,9,18-19H2,1-2H3,(H,40,41)(H,43,46). The van der Waals surface area contributed by atoms with E-state index < -0.39 is 23.5 Å². The Morgan fingerprint density at radius 2 is 1.98 bits per heavy atom. The summed E-state index contributed by atoms with van der Waals surface area (Å²) < 4.78 is 58.2. The largest absolute Gasteiger partial charge is 0.416 e. The van der Waals surface area contributed by atoms with Crippen LogP contribution in [0, 0.1) is 24.6 Å². The van der Waals surface area contributed by atoms with Crippen LogP contribution in [0.2, 0.25) is 0 Å². The second-order valence-corrected chi connectivity index (χ2v) is 11.1. The molecule has 1 fully saturated rings. The number of likely N-dealkylation sites (N-methyl/N-ethyl adjacent to an activating group) is 1. The summed E-state index contributed by atoms with van der Waals surface area (Å²) in [6.07, 6.45) is 3.01. The highest BCUT2D eigenvalue weighted by atomic mass is 19.4. The van der Waals surface area contributed by atoms with Crippen molar-refractivity contribution in [3.05, 3.63) is 107 Å². The molecule has 9 nitrogen and oxygen atoms in total. The number of H-pyrrole nitrogens is 1. The fourth-order valence-electron chi connectivity index (χ4n) is 5.48. The number of nitrogens with one attached hydrogen (secondary N) is 4. The number of fused-ring (bicyclic) bond motifs is 1. The second-order valence-electron chi connectivity index (χ2n) is 11.1. The third-order valence-corrected chi connectivity index (χ3v) is 7.86. The van der Waals surface area contributed by atoms with Crippen LogP contribution < -0.4 is 16.0 Å². The summed E-state index contributed by atoms with van der Waals surface area (Å²) in [5.74, 6) is 4.33. The minimum absolute atomic E-state index is 0.0719. The van der Waals surface area contributed by atoms with Gasteiger partial charge in [-0.25, -0.2) is 9.37 Å². The molecular formula is C33H30F4N8O. The van der Waals surface area contributed by atoms with Crippen molar-refractivity contribution in [2.45, 2.75) is 32.1 Å². The van der Waals surface area contributed by atoms with Gasteiger partial charge < -0.3 is 16.0 Å². The van der Waals surface area contributed by atoms with Gasteiger partial charge in [0.05, 0.1) is 34.9 Å². The Bertz CT molecular complexity index is 1960. The Hall–Kier alpha value is -5.19. The van der Waals surface area contributed by atoms with Crippen LogP contribution >= 0.6 is 0 Å². The predicted octanol–water partition coefficient (Wildman–Crippen LogP) is 5.71. The Morgan fingerprint density at radius 1 is 1.13 bits per heavy atom. The van der Waals surface area contributed by atoms with Crippen LogP contribution in [-0.4, -0.2) is 56.6 Å². The summed E-state index contributed by atoms with van der Waals surface area (Å²) in [7, 11) is 1.85. The minimum Gasteiger partial charge on any atom is -0.350 e. The van der Waals surface area contributed by atoms with Crippen LogP contribution in [0.25, 0.3) is 5.65 Å². The van der Waals surface area contributed by atoms with E-state index in [0.29, 0.717) is 34.6 Å². The molecule has 6 rings (SSSR count). The van der Waals surface area contributed by atoms with Crippen molar-refractivity contribution in [2.24, 2.45) is 0 Å². The summed E-state index contributed by atoms with van der Waals surface area (Å²) >= 11 is 0. The third kappa shape index (κ3) is 6.73. The highest BCUT2D eigenvalue weighted by molar-refractivity contribution is 6.04. The van der Waals surface area contributed by atoms with E-state index in [1.54, 1.807) is 36.1 Å². The summed E-state index contributed by atoms with van der Waals surface area (Å²) in [4.78, 5) is 19.8. The molecule has 1 atom stereocenters. The number of benzene rings is 2. The highest BCUT2D eigenvalue weighted by Gasteiger charge is 2.32. The van der Waals surface area contributed by atoms with Crippen LogP contribution in [0.5, 0.6) is 0 Å². The first kappa shape index (κ1) is 30.8. The number of alkyl halides is 3. The summed E-state index contributed by atoms with van der Waals surface area (Å²) in [6.45, 7) is 3.38. The Morgan fingerprint density at radius 3 is 2.72 bits per heavy atom. The number of aryl methyl sites for hydroxylation is 1. The molecule has 0 bridgehead atoms. The molecule has 1 unspecified atom stereocenters. The number of aromatic amines is 1. The van der Waals surface area contributed by atoms with Crippen LogP contribution in [0.4, 0.5) is 34.6 Å². The molecular weight excluding hydrogens is 600 g/mol. The van der Waals surface area contributed by atoms with Gasteiger partial charge in [-0.2, -0.15) is 18.3 Å². The Kier molecular flexibility index (Phi) is 8.48. The number of nitrogens with zero attached hydrogens (tertiary/aromatic N) is 4. The van der Waals surface area contributed by atoms with E-state index in [1.165, 1.54) is 18.2 Å². The van der Waals surface area contributed by atoms with E-state index in [-0.39, 0.29) is 23.8 Å². The second kappa shape index (κ2) is 12.7. The molecule has 3 aromatic heterocycles. The Balaban J connectivity index is 1.25. The van der Waals surface area contributed by atoms with Gasteiger partial charge in [0.25, 0.3) is 5.91 Å². The predicted molar refractivity (Wildman–Crippen MR) is 166 cm³/mol. The van der Waals surface area contributed by atoms with Crippen molar-refractivity contribution < 1.29 is 22.4 Å². The van der Waals surface area contributed by atoms with Gasteiger partial charge in [0.15, 0.2) is 5.65 Å². The van der Waals surface area contributed by atoms with Crippen molar-refractivity contribution in [2.75, 3.05) is 30.8 Å². The van der Waals surface area contributed by atoms with E-state index in [2.05, 4.69) is 43.0 Å².